The number of benzene rings is 3. The van der Waals surface area contributed by atoms with Gasteiger partial charge in [-0.2, -0.15) is 0 Å². The number of hydrogen-bond donors (Lipinski definition) is 1. The number of fused-ring (bicyclic) bond motifs is 2. The van der Waals surface area contributed by atoms with Crippen LogP contribution < -0.4 is 14.4 Å². The zero-order chi connectivity index (χ0) is 24.4. The van der Waals surface area contributed by atoms with Gasteiger partial charge in [0, 0.05) is 6.04 Å². The van der Waals surface area contributed by atoms with E-state index in [1.165, 1.54) is 36.4 Å². The minimum Gasteiger partial charge on any atom is -0.497 e. The molecular formula is C28H30N2O4S. The summed E-state index contributed by atoms with van der Waals surface area (Å²) in [6, 6.07) is 22.9. The van der Waals surface area contributed by atoms with Crippen molar-refractivity contribution in [2.75, 3.05) is 11.4 Å². The number of amides is 1. The second-order valence-corrected chi connectivity index (χ2v) is 11.3. The molecule has 0 spiro atoms. The topological polar surface area (TPSA) is 75.7 Å². The Hall–Kier alpha value is -3.32. The Morgan fingerprint density at radius 2 is 1.66 bits per heavy atom. The fraction of sp³-hybridized carbons (Fsp3) is 0.321. The van der Waals surface area contributed by atoms with Gasteiger partial charge < -0.3 is 10.1 Å². The molecule has 3 aromatic rings. The van der Waals surface area contributed by atoms with Crippen LogP contribution in [0, 0.1) is 11.8 Å². The molecule has 2 aliphatic rings. The van der Waals surface area contributed by atoms with E-state index in [-0.39, 0.29) is 23.4 Å². The molecule has 3 atom stereocenters. The predicted molar refractivity (Wildman–Crippen MR) is 136 cm³/mol. The minimum absolute atomic E-state index is 0.105. The monoisotopic (exact) mass is 490 g/mol. The van der Waals surface area contributed by atoms with E-state index in [2.05, 4.69) is 5.32 Å². The smallest absolute Gasteiger partial charge is 0.264 e. The van der Waals surface area contributed by atoms with Gasteiger partial charge in [-0.3, -0.25) is 9.10 Å². The van der Waals surface area contributed by atoms with Gasteiger partial charge in [0.25, 0.3) is 15.9 Å². The van der Waals surface area contributed by atoms with Gasteiger partial charge in [0.15, 0.2) is 0 Å². The maximum Gasteiger partial charge on any atom is 0.264 e. The average molecular weight is 491 g/mol. The normalized spacial score (nSPS) is 21.0. The molecule has 0 saturated heterocycles. The van der Waals surface area contributed by atoms with Crippen molar-refractivity contribution in [1.82, 2.24) is 5.32 Å². The van der Waals surface area contributed by atoms with Crippen LogP contribution in [-0.2, 0) is 16.6 Å². The van der Waals surface area contributed by atoms with Crippen LogP contribution in [0.5, 0.6) is 5.75 Å². The van der Waals surface area contributed by atoms with Gasteiger partial charge in [0.2, 0.25) is 0 Å². The summed E-state index contributed by atoms with van der Waals surface area (Å²) < 4.78 is 34.4. The summed E-state index contributed by atoms with van der Waals surface area (Å²) in [6.07, 6.45) is 4.59. The summed E-state index contributed by atoms with van der Waals surface area (Å²) in [5.41, 5.74) is 1.56. The van der Waals surface area contributed by atoms with Crippen molar-refractivity contribution in [3.8, 4) is 5.75 Å². The molecule has 0 aromatic heterocycles. The molecule has 3 aromatic carbocycles. The standard InChI is InChI=1S/C28H30N2O4S/c1-34-23-13-15-24(16-14-23)35(32,33)30(19-20-7-3-2-4-8-20)27-10-6-5-9-25(27)28(31)29-26-18-21-11-12-22(26)17-21/h2-10,13-16,21-22,26H,11-12,17-19H2,1H3,(H,29,31)/t21-,22-,26+/m0/s1. The van der Waals surface area contributed by atoms with Crippen LogP contribution in [0.4, 0.5) is 5.69 Å². The van der Waals surface area contributed by atoms with Crippen LogP contribution in [0.2, 0.25) is 0 Å². The first-order chi connectivity index (χ1) is 17.0. The predicted octanol–water partition coefficient (Wildman–Crippen LogP) is 5.01. The van der Waals surface area contributed by atoms with E-state index in [0.29, 0.717) is 28.8 Å². The number of ether oxygens (including phenoxy) is 1. The van der Waals surface area contributed by atoms with Gasteiger partial charge in [-0.25, -0.2) is 8.42 Å². The first-order valence-electron chi connectivity index (χ1n) is 12.1. The molecule has 5 rings (SSSR count). The van der Waals surface area contributed by atoms with E-state index in [1.807, 2.05) is 30.3 Å². The third kappa shape index (κ3) is 4.78. The minimum atomic E-state index is -3.97. The van der Waals surface area contributed by atoms with Crippen LogP contribution in [0.3, 0.4) is 0 Å². The summed E-state index contributed by atoms with van der Waals surface area (Å²) in [5.74, 6) is 1.58. The lowest BCUT2D eigenvalue weighted by atomic mass is 9.95. The first kappa shape index (κ1) is 23.4. The Bertz CT molecular complexity index is 1290. The van der Waals surface area contributed by atoms with Crippen LogP contribution in [0.25, 0.3) is 0 Å². The zero-order valence-corrected chi connectivity index (χ0v) is 20.6. The highest BCUT2D eigenvalue weighted by Crippen LogP contribution is 2.44. The van der Waals surface area contributed by atoms with Crippen molar-refractivity contribution in [3.63, 3.8) is 0 Å². The number of nitrogens with zero attached hydrogens (tertiary/aromatic N) is 1. The first-order valence-corrected chi connectivity index (χ1v) is 13.5. The maximum absolute atomic E-state index is 13.9. The number of anilines is 1. The Morgan fingerprint density at radius 1 is 0.943 bits per heavy atom. The number of para-hydroxylation sites is 1. The quantitative estimate of drug-likeness (QED) is 0.482. The number of sulfonamides is 1. The molecule has 2 aliphatic carbocycles. The molecule has 2 fully saturated rings. The van der Waals surface area contributed by atoms with Crippen molar-refractivity contribution in [2.45, 2.75) is 43.2 Å². The lowest BCUT2D eigenvalue weighted by Crippen LogP contribution is -2.40. The third-order valence-corrected chi connectivity index (χ3v) is 9.06. The Kier molecular flexibility index (Phi) is 6.52. The zero-order valence-electron chi connectivity index (χ0n) is 19.8. The van der Waals surface area contributed by atoms with Crippen LogP contribution >= 0.6 is 0 Å². The number of rotatable bonds is 8. The molecule has 2 saturated carbocycles. The van der Waals surface area contributed by atoms with E-state index in [4.69, 9.17) is 4.74 Å². The second-order valence-electron chi connectivity index (χ2n) is 9.44. The van der Waals surface area contributed by atoms with E-state index in [0.717, 1.165) is 18.4 Å². The highest BCUT2D eigenvalue weighted by atomic mass is 32.2. The molecule has 7 heteroatoms. The van der Waals surface area contributed by atoms with Gasteiger partial charge in [0.1, 0.15) is 5.75 Å². The van der Waals surface area contributed by atoms with Crippen LogP contribution in [0.1, 0.15) is 41.6 Å². The molecule has 2 bridgehead atoms. The summed E-state index contributed by atoms with van der Waals surface area (Å²) in [7, 11) is -2.43. The highest BCUT2D eigenvalue weighted by Gasteiger charge is 2.40. The summed E-state index contributed by atoms with van der Waals surface area (Å²) in [4.78, 5) is 13.6. The molecule has 182 valence electrons. The van der Waals surface area contributed by atoms with Gasteiger partial charge in [-0.1, -0.05) is 48.9 Å². The Labute approximate surface area is 207 Å². The highest BCUT2D eigenvalue weighted by molar-refractivity contribution is 7.92. The van der Waals surface area contributed by atoms with E-state index < -0.39 is 10.0 Å². The Morgan fingerprint density at radius 3 is 2.31 bits per heavy atom. The average Bonchev–Trinajstić information content (AvgIpc) is 3.51. The molecule has 0 unspecified atom stereocenters. The van der Waals surface area contributed by atoms with Crippen LogP contribution in [0.15, 0.2) is 83.8 Å². The molecule has 0 radical (unpaired) electrons. The van der Waals surface area contributed by atoms with Crippen molar-refractivity contribution in [1.29, 1.82) is 0 Å². The number of methoxy groups -OCH3 is 1. The number of nitrogens with one attached hydrogen (secondary N) is 1. The van der Waals surface area contributed by atoms with Crippen molar-refractivity contribution in [2.24, 2.45) is 11.8 Å². The van der Waals surface area contributed by atoms with Crippen molar-refractivity contribution >= 4 is 21.6 Å². The summed E-state index contributed by atoms with van der Waals surface area (Å²) >= 11 is 0. The molecule has 1 amide bonds. The fourth-order valence-electron chi connectivity index (χ4n) is 5.47. The number of hydrogen-bond acceptors (Lipinski definition) is 4. The molecule has 6 nitrogen and oxygen atoms in total. The van der Waals surface area contributed by atoms with Gasteiger partial charge in [0.05, 0.1) is 29.8 Å². The van der Waals surface area contributed by atoms with Gasteiger partial charge >= 0.3 is 0 Å². The fourth-order valence-corrected chi connectivity index (χ4v) is 6.95. The van der Waals surface area contributed by atoms with Crippen LogP contribution in [-0.4, -0.2) is 27.5 Å². The molecule has 1 N–H and O–H groups in total. The van der Waals surface area contributed by atoms with Gasteiger partial charge in [-0.05, 0) is 73.1 Å². The largest absolute Gasteiger partial charge is 0.497 e. The molecule has 0 aliphatic heterocycles. The van der Waals surface area contributed by atoms with Crippen molar-refractivity contribution in [3.05, 3.63) is 90.0 Å². The lowest BCUT2D eigenvalue weighted by molar-refractivity contribution is 0.0923. The SMILES string of the molecule is COc1ccc(S(=O)(=O)N(Cc2ccccc2)c2ccccc2C(=O)N[C@@H]2C[C@H]3CC[C@H]2C3)cc1. The maximum atomic E-state index is 13.9. The summed E-state index contributed by atoms with van der Waals surface area (Å²) in [5, 5.41) is 3.22. The van der Waals surface area contributed by atoms with E-state index in [9.17, 15) is 13.2 Å². The third-order valence-electron chi connectivity index (χ3n) is 7.29. The molecular weight excluding hydrogens is 460 g/mol. The number of carbonyl (C=O) groups is 1. The summed E-state index contributed by atoms with van der Waals surface area (Å²) in [6.45, 7) is 0.105. The van der Waals surface area contributed by atoms with Crippen molar-refractivity contribution < 1.29 is 17.9 Å². The van der Waals surface area contributed by atoms with E-state index >= 15 is 0 Å². The molecule has 0 heterocycles. The van der Waals surface area contributed by atoms with Gasteiger partial charge in [-0.15, -0.1) is 0 Å². The number of carbonyl (C=O) groups excluding carboxylic acids is 1. The van der Waals surface area contributed by atoms with E-state index in [1.54, 1.807) is 36.4 Å². The molecule has 35 heavy (non-hydrogen) atoms. The Balaban J connectivity index is 1.52. The lowest BCUT2D eigenvalue weighted by Gasteiger charge is -2.28. The second kappa shape index (κ2) is 9.74.